The van der Waals surface area contributed by atoms with Crippen LogP contribution < -0.4 is 9.80 Å². The molecular formula is C57H54N2. The van der Waals surface area contributed by atoms with Crippen molar-refractivity contribution in [2.45, 2.75) is 96.8 Å². The van der Waals surface area contributed by atoms with E-state index in [2.05, 4.69) is 212 Å². The Hall–Kier alpha value is -5.86. The first-order valence-corrected chi connectivity index (χ1v) is 21.7. The largest absolute Gasteiger partial charge is 0.310 e. The van der Waals surface area contributed by atoms with Crippen LogP contribution in [-0.4, -0.2) is 0 Å². The van der Waals surface area contributed by atoms with E-state index in [1.165, 1.54) is 106 Å². The summed E-state index contributed by atoms with van der Waals surface area (Å²) >= 11 is 0. The van der Waals surface area contributed by atoms with Gasteiger partial charge in [0.25, 0.3) is 0 Å². The molecule has 2 heteroatoms. The summed E-state index contributed by atoms with van der Waals surface area (Å²) in [4.78, 5) is 5.12. The number of allylic oxidation sites excluding steroid dienone is 1. The van der Waals surface area contributed by atoms with Crippen LogP contribution in [0, 0.1) is 0 Å². The predicted octanol–water partition coefficient (Wildman–Crippen LogP) is 15.6. The summed E-state index contributed by atoms with van der Waals surface area (Å²) in [6, 6.07) is 49.3. The van der Waals surface area contributed by atoms with E-state index in [0.717, 1.165) is 12.8 Å². The van der Waals surface area contributed by atoms with Crippen LogP contribution in [0.15, 0.2) is 133 Å². The molecule has 4 aliphatic rings. The zero-order valence-electron chi connectivity index (χ0n) is 36.1. The molecule has 0 fully saturated rings. The van der Waals surface area contributed by atoms with Gasteiger partial charge < -0.3 is 9.80 Å². The van der Waals surface area contributed by atoms with Crippen molar-refractivity contribution in [3.63, 3.8) is 0 Å². The number of rotatable bonds is 4. The van der Waals surface area contributed by atoms with Gasteiger partial charge in [0.2, 0.25) is 0 Å². The third kappa shape index (κ3) is 5.05. The highest BCUT2D eigenvalue weighted by molar-refractivity contribution is 6.00. The SMILES string of the molecule is CC(C)(C)c1ccc(N(c2ccc3cc(-c4cc5c6c(c4)C(C)(C)c4cccc7c4N6c4c(cccc4C5(C)C)C7(C)C)ccc3c2)c2cccc3c2C=CCC3)cc1. The summed E-state index contributed by atoms with van der Waals surface area (Å²) in [5, 5.41) is 2.49. The summed E-state index contributed by atoms with van der Waals surface area (Å²) in [6.45, 7) is 21.5. The molecule has 0 bridgehead atoms. The highest BCUT2D eigenvalue weighted by Gasteiger charge is 2.51. The fourth-order valence-electron chi connectivity index (χ4n) is 11.1. The molecule has 59 heavy (non-hydrogen) atoms. The van der Waals surface area contributed by atoms with Crippen molar-refractivity contribution in [3.8, 4) is 11.1 Å². The Bertz CT molecular complexity index is 2860. The first-order chi connectivity index (χ1) is 28.2. The van der Waals surface area contributed by atoms with Gasteiger partial charge in [-0.25, -0.2) is 0 Å². The molecule has 0 N–H and O–H groups in total. The highest BCUT2D eigenvalue weighted by Crippen LogP contribution is 2.66. The van der Waals surface area contributed by atoms with Crippen molar-refractivity contribution >= 4 is 51.0 Å². The van der Waals surface area contributed by atoms with Crippen molar-refractivity contribution < 1.29 is 0 Å². The molecule has 0 atom stereocenters. The monoisotopic (exact) mass is 766 g/mol. The molecule has 7 aromatic rings. The van der Waals surface area contributed by atoms with Crippen LogP contribution >= 0.6 is 0 Å². The van der Waals surface area contributed by atoms with Crippen LogP contribution in [0.3, 0.4) is 0 Å². The number of aryl methyl sites for hydroxylation is 1. The Balaban J connectivity index is 1.06. The molecule has 11 rings (SSSR count). The zero-order chi connectivity index (χ0) is 40.8. The molecule has 0 amide bonds. The van der Waals surface area contributed by atoms with Crippen LogP contribution in [0.4, 0.5) is 34.1 Å². The lowest BCUT2D eigenvalue weighted by atomic mass is 9.60. The molecule has 1 aliphatic carbocycles. The fraction of sp³-hybridized carbons (Fsp3) is 0.263. The second kappa shape index (κ2) is 12.1. The van der Waals surface area contributed by atoms with Gasteiger partial charge in [0.1, 0.15) is 0 Å². The lowest BCUT2D eigenvalue weighted by molar-refractivity contribution is 0.567. The average molecular weight is 767 g/mol. The molecule has 292 valence electrons. The molecule has 3 heterocycles. The Labute approximate surface area is 350 Å². The number of hydrogen-bond donors (Lipinski definition) is 0. The topological polar surface area (TPSA) is 6.48 Å². The van der Waals surface area contributed by atoms with E-state index in [1.54, 1.807) is 0 Å². The lowest BCUT2D eigenvalue weighted by Gasteiger charge is -2.55. The smallest absolute Gasteiger partial charge is 0.0544 e. The summed E-state index contributed by atoms with van der Waals surface area (Å²) < 4.78 is 0. The number of hydrogen-bond acceptors (Lipinski definition) is 2. The molecule has 0 saturated carbocycles. The van der Waals surface area contributed by atoms with Gasteiger partial charge in [-0.2, -0.15) is 0 Å². The molecule has 7 aromatic carbocycles. The van der Waals surface area contributed by atoms with Gasteiger partial charge in [0.15, 0.2) is 0 Å². The van der Waals surface area contributed by atoms with E-state index in [4.69, 9.17) is 0 Å². The molecule has 0 saturated heterocycles. The maximum atomic E-state index is 2.66. The third-order valence-corrected chi connectivity index (χ3v) is 14.6. The standard InChI is InChI=1S/C57H54N2/c1-54(2,3)40-26-29-41(30-27-40)58(50-22-12-16-35-15-10-11-17-43(35)50)42-28-25-36-31-37(23-24-38(36)32-42)39-33-48-53-49(34-39)57(8,9)47-21-14-19-45-52(47)59(53)51-44(55(45,4)5)18-13-20-46(51)56(48,6)7/h11-14,16-34H,10,15H2,1-9H3. The summed E-state index contributed by atoms with van der Waals surface area (Å²) in [7, 11) is 0. The summed E-state index contributed by atoms with van der Waals surface area (Å²) in [5.41, 5.74) is 22.5. The Morgan fingerprint density at radius 3 is 1.64 bits per heavy atom. The van der Waals surface area contributed by atoms with Crippen LogP contribution in [0.5, 0.6) is 0 Å². The molecule has 3 aliphatic heterocycles. The first-order valence-electron chi connectivity index (χ1n) is 21.7. The molecule has 0 spiro atoms. The Kier molecular flexibility index (Phi) is 7.43. The van der Waals surface area contributed by atoms with Gasteiger partial charge in [-0.15, -0.1) is 0 Å². The number of para-hydroxylation sites is 2. The van der Waals surface area contributed by atoms with Crippen molar-refractivity contribution in [2.75, 3.05) is 9.80 Å². The number of fused-ring (bicyclic) bond motifs is 2. The Morgan fingerprint density at radius 1 is 0.508 bits per heavy atom. The van der Waals surface area contributed by atoms with Gasteiger partial charge in [-0.3, -0.25) is 0 Å². The van der Waals surface area contributed by atoms with E-state index < -0.39 is 0 Å². The lowest BCUT2D eigenvalue weighted by Crippen LogP contribution is -2.43. The fourth-order valence-corrected chi connectivity index (χ4v) is 11.1. The van der Waals surface area contributed by atoms with E-state index in [-0.39, 0.29) is 21.7 Å². The third-order valence-electron chi connectivity index (χ3n) is 14.6. The molecule has 2 nitrogen and oxygen atoms in total. The van der Waals surface area contributed by atoms with E-state index >= 15 is 0 Å². The van der Waals surface area contributed by atoms with Gasteiger partial charge in [-0.05, 0) is 133 Å². The molecule has 0 unspecified atom stereocenters. The van der Waals surface area contributed by atoms with Crippen LogP contribution in [0.1, 0.15) is 119 Å². The van der Waals surface area contributed by atoms with Crippen LogP contribution in [0.25, 0.3) is 28.0 Å². The summed E-state index contributed by atoms with van der Waals surface area (Å²) in [5.74, 6) is 0. The average Bonchev–Trinajstić information content (AvgIpc) is 3.22. The van der Waals surface area contributed by atoms with E-state index in [1.807, 2.05) is 0 Å². The minimum Gasteiger partial charge on any atom is -0.310 e. The number of nitrogens with zero attached hydrogens (tertiary/aromatic N) is 2. The Morgan fingerprint density at radius 2 is 1.03 bits per heavy atom. The molecular weight excluding hydrogens is 713 g/mol. The second-order valence-electron chi connectivity index (χ2n) is 20.2. The van der Waals surface area contributed by atoms with Crippen LogP contribution in [0.2, 0.25) is 0 Å². The highest BCUT2D eigenvalue weighted by atomic mass is 15.2. The van der Waals surface area contributed by atoms with E-state index in [0.29, 0.717) is 0 Å². The maximum absolute atomic E-state index is 2.66. The normalized spacial score (nSPS) is 17.1. The second-order valence-corrected chi connectivity index (χ2v) is 20.2. The van der Waals surface area contributed by atoms with Gasteiger partial charge in [0.05, 0.1) is 22.7 Å². The minimum atomic E-state index is -0.177. The van der Waals surface area contributed by atoms with Gasteiger partial charge >= 0.3 is 0 Å². The van der Waals surface area contributed by atoms with Crippen molar-refractivity contribution in [3.05, 3.63) is 184 Å². The van der Waals surface area contributed by atoms with Crippen molar-refractivity contribution in [1.29, 1.82) is 0 Å². The maximum Gasteiger partial charge on any atom is 0.0544 e. The molecule has 0 radical (unpaired) electrons. The number of anilines is 6. The quantitative estimate of drug-likeness (QED) is 0.176. The minimum absolute atomic E-state index is 0.0900. The van der Waals surface area contributed by atoms with Crippen molar-refractivity contribution in [1.82, 2.24) is 0 Å². The number of benzene rings is 7. The van der Waals surface area contributed by atoms with E-state index in [9.17, 15) is 0 Å². The zero-order valence-corrected chi connectivity index (χ0v) is 36.1. The van der Waals surface area contributed by atoms with Gasteiger partial charge in [-0.1, -0.05) is 153 Å². The first kappa shape index (κ1) is 36.2. The van der Waals surface area contributed by atoms with Crippen LogP contribution in [-0.2, 0) is 28.1 Å². The van der Waals surface area contributed by atoms with Crippen molar-refractivity contribution in [2.24, 2.45) is 0 Å². The molecule has 0 aromatic heterocycles. The summed E-state index contributed by atoms with van der Waals surface area (Å²) in [6.07, 6.45) is 6.82. The van der Waals surface area contributed by atoms with Gasteiger partial charge in [0, 0.05) is 33.2 Å². The predicted molar refractivity (Wildman–Crippen MR) is 251 cm³/mol.